The Bertz CT molecular complexity index is 459. The topological polar surface area (TPSA) is 24.1 Å². The Morgan fingerprint density at radius 3 is 2.72 bits per heavy atom. The highest BCUT2D eigenvalue weighted by molar-refractivity contribution is 9.10. The second-order valence-electron chi connectivity index (χ2n) is 4.66. The van der Waals surface area contributed by atoms with Gasteiger partial charge in [0.1, 0.15) is 5.82 Å². The normalized spacial score (nSPS) is 15.7. The third kappa shape index (κ3) is 3.42. The lowest BCUT2D eigenvalue weighted by atomic mass is 10.2. The molecule has 0 bridgehead atoms. The minimum absolute atomic E-state index is 0.257. The zero-order valence-electron chi connectivity index (χ0n) is 10.2. The first kappa shape index (κ1) is 13.7. The molecule has 1 aliphatic rings. The van der Waals surface area contributed by atoms with Gasteiger partial charge in [-0.05, 0) is 65.6 Å². The van der Waals surface area contributed by atoms with Gasteiger partial charge in [0.25, 0.3) is 0 Å². The lowest BCUT2D eigenvalue weighted by molar-refractivity contribution is 0.620. The van der Waals surface area contributed by atoms with Gasteiger partial charge in [0.05, 0.1) is 4.47 Å². The molecule has 0 saturated heterocycles. The summed E-state index contributed by atoms with van der Waals surface area (Å²) >= 11 is 8.46. The van der Waals surface area contributed by atoms with Crippen molar-refractivity contribution in [3.8, 4) is 0 Å². The zero-order chi connectivity index (χ0) is 13.1. The molecule has 0 aliphatic heterocycles. The summed E-state index contributed by atoms with van der Waals surface area (Å²) in [6.45, 7) is 1.86. The minimum Gasteiger partial charge on any atom is -0.360 e. The second-order valence-corrected chi connectivity index (χ2v) is 5.92. The van der Waals surface area contributed by atoms with Gasteiger partial charge in [-0.2, -0.15) is 0 Å². The molecule has 2 rings (SSSR count). The molecule has 98 valence electrons. The van der Waals surface area contributed by atoms with Gasteiger partial charge in [-0.1, -0.05) is 12.8 Å². The Morgan fingerprint density at radius 2 is 2.06 bits per heavy atom. The second kappa shape index (κ2) is 5.97. The van der Waals surface area contributed by atoms with Crippen molar-refractivity contribution >= 4 is 38.9 Å². The lowest BCUT2D eigenvalue weighted by Crippen LogP contribution is -2.36. The van der Waals surface area contributed by atoms with Crippen LogP contribution in [0.25, 0.3) is 0 Å². The van der Waals surface area contributed by atoms with Gasteiger partial charge < -0.3 is 10.6 Å². The lowest BCUT2D eigenvalue weighted by Gasteiger charge is -2.17. The molecule has 1 aromatic rings. The van der Waals surface area contributed by atoms with Crippen molar-refractivity contribution in [3.05, 3.63) is 28.0 Å². The van der Waals surface area contributed by atoms with Crippen LogP contribution in [0.2, 0.25) is 0 Å². The van der Waals surface area contributed by atoms with E-state index in [0.717, 1.165) is 11.3 Å². The molecule has 5 heteroatoms. The van der Waals surface area contributed by atoms with Crippen LogP contribution in [0.3, 0.4) is 0 Å². The van der Waals surface area contributed by atoms with Crippen LogP contribution in [-0.2, 0) is 0 Å². The average Bonchev–Trinajstić information content (AvgIpc) is 2.78. The molecule has 0 heterocycles. The molecule has 1 aromatic carbocycles. The number of hydrogen-bond acceptors (Lipinski definition) is 1. The first-order valence-electron chi connectivity index (χ1n) is 6.09. The van der Waals surface area contributed by atoms with Gasteiger partial charge >= 0.3 is 0 Å². The molecular formula is C13H16BrFN2S. The van der Waals surface area contributed by atoms with Crippen molar-refractivity contribution in [2.75, 3.05) is 5.32 Å². The fraction of sp³-hybridized carbons (Fsp3) is 0.462. The van der Waals surface area contributed by atoms with Crippen LogP contribution in [0.15, 0.2) is 16.6 Å². The van der Waals surface area contributed by atoms with Crippen LogP contribution < -0.4 is 10.6 Å². The number of hydrogen-bond donors (Lipinski definition) is 2. The van der Waals surface area contributed by atoms with E-state index < -0.39 is 0 Å². The van der Waals surface area contributed by atoms with E-state index in [1.165, 1.54) is 31.7 Å². The van der Waals surface area contributed by atoms with Crippen LogP contribution in [-0.4, -0.2) is 11.2 Å². The predicted octanol–water partition coefficient (Wildman–Crippen LogP) is 4.13. The van der Waals surface area contributed by atoms with Crippen LogP contribution in [0.5, 0.6) is 0 Å². The highest BCUT2D eigenvalue weighted by Crippen LogP contribution is 2.24. The molecule has 2 nitrogen and oxygen atoms in total. The predicted molar refractivity (Wildman–Crippen MR) is 80.4 cm³/mol. The standard InChI is InChI=1S/C13H16BrFN2S/c1-8-6-11(15)10(14)7-12(8)17-13(18)16-9-4-2-3-5-9/h6-7,9H,2-5H2,1H3,(H2,16,17,18). The van der Waals surface area contributed by atoms with E-state index in [0.29, 0.717) is 15.6 Å². The van der Waals surface area contributed by atoms with E-state index in [1.807, 2.05) is 6.92 Å². The third-order valence-corrected chi connectivity index (χ3v) is 4.03. The molecule has 0 atom stereocenters. The Labute approximate surface area is 120 Å². The Hall–Kier alpha value is -0.680. The Kier molecular flexibility index (Phi) is 4.56. The fourth-order valence-corrected chi connectivity index (χ4v) is 2.81. The van der Waals surface area contributed by atoms with Crippen LogP contribution in [0, 0.1) is 12.7 Å². The molecule has 0 unspecified atom stereocenters. The average molecular weight is 331 g/mol. The van der Waals surface area contributed by atoms with E-state index >= 15 is 0 Å². The highest BCUT2D eigenvalue weighted by atomic mass is 79.9. The fourth-order valence-electron chi connectivity index (χ4n) is 2.19. The summed E-state index contributed by atoms with van der Waals surface area (Å²) in [5.41, 5.74) is 1.67. The third-order valence-electron chi connectivity index (χ3n) is 3.21. The van der Waals surface area contributed by atoms with Crippen molar-refractivity contribution in [3.63, 3.8) is 0 Å². The van der Waals surface area contributed by atoms with Gasteiger partial charge in [-0.3, -0.25) is 0 Å². The summed E-state index contributed by atoms with van der Waals surface area (Å²) in [7, 11) is 0. The number of benzene rings is 1. The minimum atomic E-state index is -0.257. The number of nitrogens with one attached hydrogen (secondary N) is 2. The largest absolute Gasteiger partial charge is 0.360 e. The van der Waals surface area contributed by atoms with Gasteiger partial charge in [0.15, 0.2) is 5.11 Å². The van der Waals surface area contributed by atoms with Crippen molar-refractivity contribution in [2.45, 2.75) is 38.6 Å². The molecule has 1 aliphatic carbocycles. The van der Waals surface area contributed by atoms with E-state index in [-0.39, 0.29) is 5.82 Å². The SMILES string of the molecule is Cc1cc(F)c(Br)cc1NC(=S)NC1CCCC1. The van der Waals surface area contributed by atoms with Gasteiger partial charge in [-0.25, -0.2) is 4.39 Å². The molecule has 1 saturated carbocycles. The summed E-state index contributed by atoms with van der Waals surface area (Å²) in [6, 6.07) is 3.69. The van der Waals surface area contributed by atoms with Gasteiger partial charge in [0.2, 0.25) is 0 Å². The van der Waals surface area contributed by atoms with E-state index in [9.17, 15) is 4.39 Å². The number of aryl methyl sites for hydroxylation is 1. The van der Waals surface area contributed by atoms with Crippen molar-refractivity contribution in [2.24, 2.45) is 0 Å². The summed E-state index contributed by atoms with van der Waals surface area (Å²) in [4.78, 5) is 0. The summed E-state index contributed by atoms with van der Waals surface area (Å²) < 4.78 is 13.7. The number of thiocarbonyl (C=S) groups is 1. The van der Waals surface area contributed by atoms with Crippen LogP contribution in [0.4, 0.5) is 10.1 Å². The number of rotatable bonds is 2. The number of anilines is 1. The first-order chi connectivity index (χ1) is 8.56. The van der Waals surface area contributed by atoms with Gasteiger partial charge in [0, 0.05) is 11.7 Å². The van der Waals surface area contributed by atoms with E-state index in [1.54, 1.807) is 6.07 Å². The summed E-state index contributed by atoms with van der Waals surface area (Å²) in [6.07, 6.45) is 4.88. The maximum atomic E-state index is 13.3. The molecule has 1 fully saturated rings. The Morgan fingerprint density at radius 1 is 1.39 bits per heavy atom. The van der Waals surface area contributed by atoms with E-state index in [2.05, 4.69) is 26.6 Å². The quantitative estimate of drug-likeness (QED) is 0.797. The molecular weight excluding hydrogens is 315 g/mol. The van der Waals surface area contributed by atoms with Crippen molar-refractivity contribution < 1.29 is 4.39 Å². The van der Waals surface area contributed by atoms with Crippen molar-refractivity contribution in [1.82, 2.24) is 5.32 Å². The molecule has 0 amide bonds. The van der Waals surface area contributed by atoms with Crippen LogP contribution in [0.1, 0.15) is 31.2 Å². The monoisotopic (exact) mass is 330 g/mol. The smallest absolute Gasteiger partial charge is 0.171 e. The maximum Gasteiger partial charge on any atom is 0.171 e. The van der Waals surface area contributed by atoms with Crippen LogP contribution >= 0.6 is 28.1 Å². The summed E-state index contributed by atoms with van der Waals surface area (Å²) in [5, 5.41) is 7.04. The Balaban J connectivity index is 2.00. The van der Waals surface area contributed by atoms with Gasteiger partial charge in [-0.15, -0.1) is 0 Å². The first-order valence-corrected chi connectivity index (χ1v) is 7.29. The zero-order valence-corrected chi connectivity index (χ0v) is 12.6. The molecule has 0 aromatic heterocycles. The number of halogens is 2. The molecule has 18 heavy (non-hydrogen) atoms. The van der Waals surface area contributed by atoms with Crippen molar-refractivity contribution in [1.29, 1.82) is 0 Å². The molecule has 0 radical (unpaired) electrons. The molecule has 0 spiro atoms. The highest BCUT2D eigenvalue weighted by Gasteiger charge is 2.16. The summed E-state index contributed by atoms with van der Waals surface area (Å²) in [5.74, 6) is -0.257. The maximum absolute atomic E-state index is 13.3. The molecule has 2 N–H and O–H groups in total. The van der Waals surface area contributed by atoms with E-state index in [4.69, 9.17) is 12.2 Å².